The summed E-state index contributed by atoms with van der Waals surface area (Å²) in [4.78, 5) is 23.6. The second-order valence-corrected chi connectivity index (χ2v) is 5.76. The molecule has 1 fully saturated rings. The maximum absolute atomic E-state index is 12.0. The van der Waals surface area contributed by atoms with Crippen molar-refractivity contribution in [2.24, 2.45) is 5.92 Å². The molecule has 0 saturated heterocycles. The van der Waals surface area contributed by atoms with Crippen LogP contribution in [0.15, 0.2) is 24.3 Å². The number of esters is 1. The highest BCUT2D eigenvalue weighted by Gasteiger charge is 2.22. The number of carbonyl (C=O) groups excluding carboxylic acids is 2. The smallest absolute Gasteiger partial charge is 0.338 e. The van der Waals surface area contributed by atoms with Crippen molar-refractivity contribution in [2.45, 2.75) is 45.6 Å². The van der Waals surface area contributed by atoms with E-state index < -0.39 is 0 Å². The SMILES string of the molecule is CCOC(=O)c1ccc(NC(=O)N[C@H]2CCCC[C@@H]2C)cc1. The van der Waals surface area contributed by atoms with Gasteiger partial charge in [-0.1, -0.05) is 19.8 Å². The normalized spacial score (nSPS) is 21.0. The van der Waals surface area contributed by atoms with Crippen LogP contribution in [0.25, 0.3) is 0 Å². The first-order valence-corrected chi connectivity index (χ1v) is 7.95. The predicted octanol–water partition coefficient (Wildman–Crippen LogP) is 3.56. The monoisotopic (exact) mass is 304 g/mol. The lowest BCUT2D eigenvalue weighted by atomic mass is 9.86. The van der Waals surface area contributed by atoms with Crippen LogP contribution in [0.1, 0.15) is 49.9 Å². The molecule has 2 amide bonds. The van der Waals surface area contributed by atoms with Crippen LogP contribution < -0.4 is 10.6 Å². The zero-order valence-electron chi connectivity index (χ0n) is 13.2. The third-order valence-electron chi connectivity index (χ3n) is 4.08. The lowest BCUT2D eigenvalue weighted by Crippen LogP contribution is -2.43. The van der Waals surface area contributed by atoms with E-state index in [-0.39, 0.29) is 18.0 Å². The second kappa shape index (κ2) is 7.82. The van der Waals surface area contributed by atoms with E-state index >= 15 is 0 Å². The molecular formula is C17H24N2O3. The predicted molar refractivity (Wildman–Crippen MR) is 86.0 cm³/mol. The summed E-state index contributed by atoms with van der Waals surface area (Å²) >= 11 is 0. The van der Waals surface area contributed by atoms with E-state index in [1.54, 1.807) is 31.2 Å². The molecule has 5 heteroatoms. The first-order chi connectivity index (χ1) is 10.6. The van der Waals surface area contributed by atoms with Crippen LogP contribution in [0.2, 0.25) is 0 Å². The summed E-state index contributed by atoms with van der Waals surface area (Å²) in [6.45, 7) is 4.30. The van der Waals surface area contributed by atoms with Gasteiger partial charge in [-0.3, -0.25) is 0 Å². The molecule has 1 aliphatic carbocycles. The van der Waals surface area contributed by atoms with Gasteiger partial charge in [0.15, 0.2) is 0 Å². The second-order valence-electron chi connectivity index (χ2n) is 5.76. The third-order valence-corrected chi connectivity index (χ3v) is 4.08. The fourth-order valence-electron chi connectivity index (χ4n) is 2.77. The Morgan fingerprint density at radius 1 is 1.18 bits per heavy atom. The number of carbonyl (C=O) groups is 2. The van der Waals surface area contributed by atoms with Crippen molar-refractivity contribution < 1.29 is 14.3 Å². The first-order valence-electron chi connectivity index (χ1n) is 7.95. The molecule has 0 unspecified atom stereocenters. The van der Waals surface area contributed by atoms with Crippen LogP contribution in [-0.2, 0) is 4.74 Å². The van der Waals surface area contributed by atoms with Gasteiger partial charge in [0.05, 0.1) is 12.2 Å². The average Bonchev–Trinajstić information content (AvgIpc) is 2.50. The first kappa shape index (κ1) is 16.3. The summed E-state index contributed by atoms with van der Waals surface area (Å²) in [5.41, 5.74) is 1.14. The minimum Gasteiger partial charge on any atom is -0.462 e. The van der Waals surface area contributed by atoms with Gasteiger partial charge in [0.25, 0.3) is 0 Å². The quantitative estimate of drug-likeness (QED) is 0.836. The highest BCUT2D eigenvalue weighted by Crippen LogP contribution is 2.23. The summed E-state index contributed by atoms with van der Waals surface area (Å²) in [6.07, 6.45) is 4.62. The van der Waals surface area contributed by atoms with Gasteiger partial charge in [-0.2, -0.15) is 0 Å². The number of anilines is 1. The molecule has 0 heterocycles. The van der Waals surface area contributed by atoms with Crippen molar-refractivity contribution in [1.82, 2.24) is 5.32 Å². The van der Waals surface area contributed by atoms with Gasteiger partial charge in [-0.15, -0.1) is 0 Å². The molecule has 5 nitrogen and oxygen atoms in total. The molecule has 1 saturated carbocycles. The van der Waals surface area contributed by atoms with Crippen molar-refractivity contribution >= 4 is 17.7 Å². The number of hydrogen-bond donors (Lipinski definition) is 2. The van der Waals surface area contributed by atoms with Crippen molar-refractivity contribution in [3.8, 4) is 0 Å². The number of hydrogen-bond acceptors (Lipinski definition) is 3. The van der Waals surface area contributed by atoms with Crippen LogP contribution in [0.3, 0.4) is 0 Å². The molecule has 1 aliphatic rings. The largest absolute Gasteiger partial charge is 0.462 e. The summed E-state index contributed by atoms with van der Waals surface area (Å²) in [7, 11) is 0. The van der Waals surface area contributed by atoms with Gasteiger partial charge in [0.1, 0.15) is 0 Å². The Morgan fingerprint density at radius 2 is 1.86 bits per heavy atom. The van der Waals surface area contributed by atoms with Gasteiger partial charge in [0.2, 0.25) is 0 Å². The lowest BCUT2D eigenvalue weighted by Gasteiger charge is -2.29. The van der Waals surface area contributed by atoms with Crippen LogP contribution in [0.5, 0.6) is 0 Å². The minimum absolute atomic E-state index is 0.192. The highest BCUT2D eigenvalue weighted by molar-refractivity contribution is 5.92. The molecule has 120 valence electrons. The summed E-state index contributed by atoms with van der Waals surface area (Å²) in [5.74, 6) is 0.167. The Hall–Kier alpha value is -2.04. The van der Waals surface area contributed by atoms with Crippen LogP contribution >= 0.6 is 0 Å². The van der Waals surface area contributed by atoms with Gasteiger partial charge in [-0.25, -0.2) is 9.59 Å². The zero-order valence-corrected chi connectivity index (χ0v) is 13.2. The van der Waals surface area contributed by atoms with E-state index in [1.165, 1.54) is 19.3 Å². The van der Waals surface area contributed by atoms with Crippen molar-refractivity contribution in [1.29, 1.82) is 0 Å². The van der Waals surface area contributed by atoms with E-state index in [1.807, 2.05) is 0 Å². The molecule has 22 heavy (non-hydrogen) atoms. The Bertz CT molecular complexity index is 513. The molecule has 0 aliphatic heterocycles. The van der Waals surface area contributed by atoms with Crippen LogP contribution in [0, 0.1) is 5.92 Å². The molecule has 0 radical (unpaired) electrons. The topological polar surface area (TPSA) is 67.4 Å². The van der Waals surface area contributed by atoms with E-state index in [0.29, 0.717) is 23.8 Å². The van der Waals surface area contributed by atoms with E-state index in [0.717, 1.165) is 6.42 Å². The molecule has 1 aromatic carbocycles. The fraction of sp³-hybridized carbons (Fsp3) is 0.529. The fourth-order valence-corrected chi connectivity index (χ4v) is 2.77. The van der Waals surface area contributed by atoms with Crippen molar-refractivity contribution in [2.75, 3.05) is 11.9 Å². The van der Waals surface area contributed by atoms with Crippen LogP contribution in [0.4, 0.5) is 10.5 Å². The Balaban J connectivity index is 1.87. The summed E-state index contributed by atoms with van der Waals surface area (Å²) < 4.78 is 4.92. The molecule has 1 aromatic rings. The summed E-state index contributed by atoms with van der Waals surface area (Å²) in [6, 6.07) is 6.76. The zero-order chi connectivity index (χ0) is 15.9. The van der Waals surface area contributed by atoms with Crippen molar-refractivity contribution in [3.05, 3.63) is 29.8 Å². The van der Waals surface area contributed by atoms with Gasteiger partial charge in [0, 0.05) is 11.7 Å². The average molecular weight is 304 g/mol. The number of rotatable bonds is 4. The molecule has 2 rings (SSSR count). The molecular weight excluding hydrogens is 280 g/mol. The number of ether oxygens (including phenoxy) is 1. The number of amides is 2. The standard InChI is InChI=1S/C17H24N2O3/c1-3-22-16(20)13-8-10-14(11-9-13)18-17(21)19-15-7-5-4-6-12(15)2/h8-12,15H,3-7H2,1-2H3,(H2,18,19,21)/t12-,15-/m0/s1. The third kappa shape index (κ3) is 4.48. The van der Waals surface area contributed by atoms with E-state index in [4.69, 9.17) is 4.74 Å². The Morgan fingerprint density at radius 3 is 2.50 bits per heavy atom. The maximum Gasteiger partial charge on any atom is 0.338 e. The molecule has 0 aromatic heterocycles. The Labute approximate surface area is 131 Å². The maximum atomic E-state index is 12.0. The van der Waals surface area contributed by atoms with E-state index in [9.17, 15) is 9.59 Å². The summed E-state index contributed by atoms with van der Waals surface area (Å²) in [5, 5.41) is 5.84. The van der Waals surface area contributed by atoms with Crippen molar-refractivity contribution in [3.63, 3.8) is 0 Å². The molecule has 2 atom stereocenters. The van der Waals surface area contributed by atoms with Gasteiger partial charge in [-0.05, 0) is 49.9 Å². The molecule has 0 bridgehead atoms. The number of urea groups is 1. The Kier molecular flexibility index (Phi) is 5.81. The molecule has 0 spiro atoms. The molecule has 2 N–H and O–H groups in total. The van der Waals surface area contributed by atoms with Gasteiger partial charge < -0.3 is 15.4 Å². The number of nitrogens with one attached hydrogen (secondary N) is 2. The van der Waals surface area contributed by atoms with Gasteiger partial charge >= 0.3 is 12.0 Å². The van der Waals surface area contributed by atoms with Crippen LogP contribution in [-0.4, -0.2) is 24.6 Å². The highest BCUT2D eigenvalue weighted by atomic mass is 16.5. The lowest BCUT2D eigenvalue weighted by molar-refractivity contribution is 0.0526. The number of benzene rings is 1. The minimum atomic E-state index is -0.352. The van der Waals surface area contributed by atoms with E-state index in [2.05, 4.69) is 17.6 Å².